The molecule has 1 heterocycles. The summed E-state index contributed by atoms with van der Waals surface area (Å²) in [6, 6.07) is 13.6. The molecule has 28 heavy (non-hydrogen) atoms. The van der Waals surface area contributed by atoms with Gasteiger partial charge in [0.1, 0.15) is 11.6 Å². The van der Waals surface area contributed by atoms with Crippen LogP contribution in [0.1, 0.15) is 24.5 Å². The number of urea groups is 1. The summed E-state index contributed by atoms with van der Waals surface area (Å²) in [4.78, 5) is 19.8. The highest BCUT2D eigenvalue weighted by atomic mass is 19.1. The molecule has 6 nitrogen and oxygen atoms in total. The fraction of sp³-hybridized carbons (Fsp3) is 0.333. The second-order valence-corrected chi connectivity index (χ2v) is 6.54. The van der Waals surface area contributed by atoms with E-state index in [0.717, 1.165) is 22.6 Å². The maximum absolute atomic E-state index is 13.1. The van der Waals surface area contributed by atoms with Gasteiger partial charge in [0.05, 0.1) is 19.4 Å². The zero-order valence-corrected chi connectivity index (χ0v) is 16.0. The molecule has 0 spiro atoms. The minimum absolute atomic E-state index is 0.163. The van der Waals surface area contributed by atoms with E-state index in [1.165, 1.54) is 12.1 Å². The highest BCUT2D eigenvalue weighted by Crippen LogP contribution is 2.20. The molecule has 0 aromatic heterocycles. The predicted molar refractivity (Wildman–Crippen MR) is 105 cm³/mol. The van der Waals surface area contributed by atoms with Crippen molar-refractivity contribution >= 4 is 11.7 Å². The molecular weight excluding hydrogens is 361 g/mol. The topological polar surface area (TPSA) is 63.2 Å². The number of benzene rings is 2. The van der Waals surface area contributed by atoms with Crippen LogP contribution >= 0.6 is 0 Å². The molecule has 3 rings (SSSR count). The minimum atomic E-state index is -0.291. The quantitative estimate of drug-likeness (QED) is 0.793. The Labute approximate surface area is 163 Å². The van der Waals surface area contributed by atoms with E-state index in [-0.39, 0.29) is 18.0 Å². The van der Waals surface area contributed by atoms with Crippen LogP contribution in [0.25, 0.3) is 0 Å². The van der Waals surface area contributed by atoms with Gasteiger partial charge < -0.3 is 19.8 Å². The van der Waals surface area contributed by atoms with Crippen LogP contribution in [-0.2, 0) is 11.4 Å². The third kappa shape index (κ3) is 5.00. The van der Waals surface area contributed by atoms with Crippen molar-refractivity contribution in [1.82, 2.24) is 10.2 Å². The number of ether oxygens (including phenoxy) is 1. The number of halogens is 1. The highest BCUT2D eigenvalue weighted by molar-refractivity contribution is 6.01. The van der Waals surface area contributed by atoms with E-state index in [1.807, 2.05) is 31.2 Å². The number of hydrogen-bond acceptors (Lipinski definition) is 4. The lowest BCUT2D eigenvalue weighted by Gasteiger charge is -2.25. The number of amides is 2. The lowest BCUT2D eigenvalue weighted by molar-refractivity contribution is 0.0590. The van der Waals surface area contributed by atoms with Gasteiger partial charge in [-0.1, -0.05) is 29.4 Å². The van der Waals surface area contributed by atoms with Crippen molar-refractivity contribution < 1.29 is 18.8 Å². The Morgan fingerprint density at radius 3 is 2.82 bits per heavy atom. The molecule has 2 aromatic carbocycles. The molecule has 0 radical (unpaired) electrons. The summed E-state index contributed by atoms with van der Waals surface area (Å²) in [5, 5.41) is 6.96. The second kappa shape index (κ2) is 9.21. The number of nitrogens with one attached hydrogen (secondary N) is 1. The van der Waals surface area contributed by atoms with E-state index in [9.17, 15) is 9.18 Å². The van der Waals surface area contributed by atoms with Crippen molar-refractivity contribution in [2.75, 3.05) is 20.2 Å². The van der Waals surface area contributed by atoms with Gasteiger partial charge in [-0.05, 0) is 42.3 Å². The lowest BCUT2D eigenvalue weighted by Crippen LogP contribution is -2.43. The smallest absolute Gasteiger partial charge is 0.317 e. The van der Waals surface area contributed by atoms with Crippen LogP contribution in [0.2, 0.25) is 0 Å². The van der Waals surface area contributed by atoms with Gasteiger partial charge in [0, 0.05) is 19.5 Å². The van der Waals surface area contributed by atoms with Crippen molar-refractivity contribution in [3.05, 3.63) is 65.5 Å². The van der Waals surface area contributed by atoms with E-state index < -0.39 is 0 Å². The first-order valence-corrected chi connectivity index (χ1v) is 9.23. The van der Waals surface area contributed by atoms with Crippen LogP contribution in [0.4, 0.5) is 9.18 Å². The van der Waals surface area contributed by atoms with Gasteiger partial charge in [0.25, 0.3) is 0 Å². The van der Waals surface area contributed by atoms with Gasteiger partial charge >= 0.3 is 6.03 Å². The Kier molecular flexibility index (Phi) is 6.47. The van der Waals surface area contributed by atoms with Crippen LogP contribution in [0.3, 0.4) is 0 Å². The average molecular weight is 385 g/mol. The molecule has 1 aliphatic heterocycles. The number of oxime groups is 1. The summed E-state index contributed by atoms with van der Waals surface area (Å²) in [5.74, 6) is 0.452. The number of carbonyl (C=O) groups is 1. The summed E-state index contributed by atoms with van der Waals surface area (Å²) in [6.45, 7) is 3.23. The van der Waals surface area contributed by atoms with Gasteiger partial charge in [0.15, 0.2) is 6.10 Å². The van der Waals surface area contributed by atoms with Crippen molar-refractivity contribution in [2.45, 2.75) is 26.0 Å². The first kappa shape index (κ1) is 19.7. The molecule has 0 saturated carbocycles. The van der Waals surface area contributed by atoms with Crippen LogP contribution in [0.5, 0.6) is 5.75 Å². The Morgan fingerprint density at radius 1 is 1.32 bits per heavy atom. The number of nitrogens with zero attached hydrogens (tertiary/aromatic N) is 2. The summed E-state index contributed by atoms with van der Waals surface area (Å²) < 4.78 is 18.4. The van der Waals surface area contributed by atoms with Gasteiger partial charge in [0.2, 0.25) is 0 Å². The molecule has 0 aliphatic carbocycles. The Balaban J connectivity index is 1.66. The van der Waals surface area contributed by atoms with Crippen molar-refractivity contribution in [3.63, 3.8) is 0 Å². The fourth-order valence-corrected chi connectivity index (χ4v) is 3.06. The van der Waals surface area contributed by atoms with Gasteiger partial charge in [-0.25, -0.2) is 9.18 Å². The SMILES string of the molecule is CCNC(=O)N(Cc1cccc(OC)c1)CC1CC(c2ccc(F)cc2)=NO1. The minimum Gasteiger partial charge on any atom is -0.497 e. The van der Waals surface area contributed by atoms with Crippen molar-refractivity contribution in [1.29, 1.82) is 0 Å². The molecule has 1 N–H and O–H groups in total. The maximum Gasteiger partial charge on any atom is 0.317 e. The fourth-order valence-electron chi connectivity index (χ4n) is 3.06. The lowest BCUT2D eigenvalue weighted by atomic mass is 10.0. The van der Waals surface area contributed by atoms with E-state index >= 15 is 0 Å². The first-order chi connectivity index (χ1) is 13.6. The van der Waals surface area contributed by atoms with Crippen molar-refractivity contribution in [3.8, 4) is 5.75 Å². The van der Waals surface area contributed by atoms with Gasteiger partial charge in [-0.15, -0.1) is 0 Å². The van der Waals surface area contributed by atoms with Crippen molar-refractivity contribution in [2.24, 2.45) is 5.16 Å². The molecule has 0 fully saturated rings. The molecule has 7 heteroatoms. The number of carbonyl (C=O) groups excluding carboxylic acids is 1. The largest absolute Gasteiger partial charge is 0.497 e. The second-order valence-electron chi connectivity index (χ2n) is 6.54. The monoisotopic (exact) mass is 385 g/mol. The van der Waals surface area contributed by atoms with E-state index in [1.54, 1.807) is 24.1 Å². The molecule has 1 unspecified atom stereocenters. The van der Waals surface area contributed by atoms with E-state index in [0.29, 0.717) is 26.1 Å². The normalized spacial score (nSPS) is 15.5. The standard InChI is InChI=1S/C21H24FN3O3/c1-3-23-21(26)25(13-15-5-4-6-18(11-15)27-2)14-19-12-20(24-28-19)16-7-9-17(22)10-8-16/h4-11,19H,3,12-14H2,1-2H3,(H,23,26). The number of rotatable bonds is 7. The van der Waals surface area contributed by atoms with E-state index in [4.69, 9.17) is 9.57 Å². The van der Waals surface area contributed by atoms with Crippen LogP contribution in [-0.4, -0.2) is 42.9 Å². The summed E-state index contributed by atoms with van der Waals surface area (Å²) in [7, 11) is 1.61. The molecular formula is C21H24FN3O3. The Morgan fingerprint density at radius 2 is 2.11 bits per heavy atom. The molecule has 148 valence electrons. The maximum atomic E-state index is 13.1. The molecule has 0 bridgehead atoms. The molecule has 1 atom stereocenters. The van der Waals surface area contributed by atoms with Gasteiger partial charge in [-0.3, -0.25) is 0 Å². The predicted octanol–water partition coefficient (Wildman–Crippen LogP) is 3.56. The molecule has 2 amide bonds. The molecule has 0 saturated heterocycles. The molecule has 1 aliphatic rings. The van der Waals surface area contributed by atoms with Crippen LogP contribution < -0.4 is 10.1 Å². The number of methoxy groups -OCH3 is 1. The third-order valence-electron chi connectivity index (χ3n) is 4.46. The Bertz CT molecular complexity index is 839. The number of hydrogen-bond donors (Lipinski definition) is 1. The van der Waals surface area contributed by atoms with Crippen LogP contribution in [0, 0.1) is 5.82 Å². The highest BCUT2D eigenvalue weighted by Gasteiger charge is 2.26. The van der Waals surface area contributed by atoms with Crippen LogP contribution in [0.15, 0.2) is 53.7 Å². The first-order valence-electron chi connectivity index (χ1n) is 9.23. The summed E-state index contributed by atoms with van der Waals surface area (Å²) in [6.07, 6.45) is 0.299. The zero-order valence-electron chi connectivity index (χ0n) is 16.0. The summed E-state index contributed by atoms with van der Waals surface area (Å²) >= 11 is 0. The Hall–Kier alpha value is -3.09. The van der Waals surface area contributed by atoms with Gasteiger partial charge in [-0.2, -0.15) is 0 Å². The average Bonchev–Trinajstić information content (AvgIpc) is 3.17. The molecule has 2 aromatic rings. The zero-order chi connectivity index (χ0) is 19.9. The third-order valence-corrected chi connectivity index (χ3v) is 4.46. The summed E-state index contributed by atoms with van der Waals surface area (Å²) in [5.41, 5.74) is 2.53. The van der Waals surface area contributed by atoms with E-state index in [2.05, 4.69) is 10.5 Å².